The molecular formula is C8H4ClF2IN2. The minimum atomic E-state index is -2.64. The molecule has 0 saturated heterocycles. The molecule has 1 heterocycles. The number of nitrogens with zero attached hydrogens (tertiary/aromatic N) is 2. The van der Waals surface area contributed by atoms with Gasteiger partial charge in [-0.15, -0.1) is 0 Å². The molecule has 0 unspecified atom stereocenters. The van der Waals surface area contributed by atoms with Crippen LogP contribution in [0, 0.1) is 14.9 Å². The molecule has 1 aromatic heterocycles. The maximum atomic E-state index is 12.3. The maximum absolute atomic E-state index is 12.3. The Labute approximate surface area is 98.0 Å². The SMILES string of the molecule is N#CCc1c(I)cc(C(F)F)nc1Cl. The average molecular weight is 328 g/mol. The Kier molecular flexibility index (Phi) is 4.01. The molecule has 0 saturated carbocycles. The van der Waals surface area contributed by atoms with Gasteiger partial charge in [0.1, 0.15) is 10.8 Å². The average Bonchev–Trinajstić information content (AvgIpc) is 2.10. The van der Waals surface area contributed by atoms with Gasteiger partial charge >= 0.3 is 0 Å². The maximum Gasteiger partial charge on any atom is 0.280 e. The minimum Gasteiger partial charge on any atom is -0.235 e. The van der Waals surface area contributed by atoms with E-state index in [-0.39, 0.29) is 17.3 Å². The van der Waals surface area contributed by atoms with E-state index in [0.29, 0.717) is 9.13 Å². The van der Waals surface area contributed by atoms with Gasteiger partial charge in [-0.2, -0.15) is 5.26 Å². The van der Waals surface area contributed by atoms with Gasteiger partial charge in [-0.05, 0) is 28.7 Å². The van der Waals surface area contributed by atoms with Gasteiger partial charge < -0.3 is 0 Å². The van der Waals surface area contributed by atoms with Gasteiger partial charge in [0, 0.05) is 9.13 Å². The van der Waals surface area contributed by atoms with Crippen LogP contribution in [0.4, 0.5) is 8.78 Å². The van der Waals surface area contributed by atoms with Crippen molar-refractivity contribution < 1.29 is 8.78 Å². The van der Waals surface area contributed by atoms with E-state index in [1.807, 2.05) is 28.7 Å². The third-order valence-corrected chi connectivity index (χ3v) is 2.79. The summed E-state index contributed by atoms with van der Waals surface area (Å²) in [6.07, 6.45) is -2.56. The Morgan fingerprint density at radius 1 is 1.64 bits per heavy atom. The molecule has 0 spiro atoms. The van der Waals surface area contributed by atoms with Gasteiger partial charge in [-0.3, -0.25) is 0 Å². The Morgan fingerprint density at radius 2 is 2.29 bits per heavy atom. The summed E-state index contributed by atoms with van der Waals surface area (Å²) in [7, 11) is 0. The monoisotopic (exact) mass is 328 g/mol. The van der Waals surface area contributed by atoms with Crippen molar-refractivity contribution in [3.05, 3.63) is 26.0 Å². The van der Waals surface area contributed by atoms with E-state index in [1.54, 1.807) is 0 Å². The fourth-order valence-electron chi connectivity index (χ4n) is 0.877. The second-order valence-corrected chi connectivity index (χ2v) is 3.95. The van der Waals surface area contributed by atoms with Crippen molar-refractivity contribution in [2.24, 2.45) is 0 Å². The zero-order valence-corrected chi connectivity index (χ0v) is 9.68. The Morgan fingerprint density at radius 3 is 2.71 bits per heavy atom. The molecule has 0 aliphatic heterocycles. The van der Waals surface area contributed by atoms with Crippen LogP contribution in [0.5, 0.6) is 0 Å². The van der Waals surface area contributed by atoms with Crippen LogP contribution in [0.25, 0.3) is 0 Å². The third kappa shape index (κ3) is 2.51. The van der Waals surface area contributed by atoms with Crippen molar-refractivity contribution in [2.75, 3.05) is 0 Å². The van der Waals surface area contributed by atoms with Crippen LogP contribution in [-0.4, -0.2) is 4.98 Å². The number of hydrogen-bond acceptors (Lipinski definition) is 2. The number of pyridine rings is 1. The van der Waals surface area contributed by atoms with Crippen molar-refractivity contribution in [1.29, 1.82) is 5.26 Å². The van der Waals surface area contributed by atoms with E-state index in [1.165, 1.54) is 6.07 Å². The Balaban J connectivity index is 3.19. The van der Waals surface area contributed by atoms with E-state index in [9.17, 15) is 8.78 Å². The van der Waals surface area contributed by atoms with Gasteiger partial charge in [0.15, 0.2) is 0 Å². The summed E-state index contributed by atoms with van der Waals surface area (Å²) in [6, 6.07) is 3.14. The molecule has 6 heteroatoms. The molecular weight excluding hydrogens is 324 g/mol. The van der Waals surface area contributed by atoms with E-state index in [2.05, 4.69) is 4.98 Å². The predicted octanol–water partition coefficient (Wildman–Crippen LogP) is 3.34. The molecule has 14 heavy (non-hydrogen) atoms. The number of halogens is 4. The van der Waals surface area contributed by atoms with Crippen molar-refractivity contribution in [3.8, 4) is 6.07 Å². The van der Waals surface area contributed by atoms with Gasteiger partial charge in [0.05, 0.1) is 12.5 Å². The summed E-state index contributed by atoms with van der Waals surface area (Å²) in [6.45, 7) is 0. The van der Waals surface area contributed by atoms with E-state index >= 15 is 0 Å². The summed E-state index contributed by atoms with van der Waals surface area (Å²) in [5.74, 6) is 0. The smallest absolute Gasteiger partial charge is 0.235 e. The topological polar surface area (TPSA) is 36.7 Å². The lowest BCUT2D eigenvalue weighted by Crippen LogP contribution is -1.98. The van der Waals surface area contributed by atoms with E-state index < -0.39 is 6.43 Å². The normalized spacial score (nSPS) is 10.3. The van der Waals surface area contributed by atoms with Gasteiger partial charge in [-0.25, -0.2) is 13.8 Å². The van der Waals surface area contributed by atoms with Crippen LogP contribution in [0.15, 0.2) is 6.07 Å². The van der Waals surface area contributed by atoms with Crippen molar-refractivity contribution in [1.82, 2.24) is 4.98 Å². The molecule has 0 N–H and O–H groups in total. The number of aromatic nitrogens is 1. The van der Waals surface area contributed by atoms with Gasteiger partial charge in [0.2, 0.25) is 0 Å². The quantitative estimate of drug-likeness (QED) is 0.617. The summed E-state index contributed by atoms with van der Waals surface area (Å²) in [5, 5.41) is 8.44. The first kappa shape index (κ1) is 11.6. The number of alkyl halides is 2. The summed E-state index contributed by atoms with van der Waals surface area (Å²) < 4.78 is 25.1. The van der Waals surface area contributed by atoms with Crippen molar-refractivity contribution in [2.45, 2.75) is 12.8 Å². The molecule has 0 atom stereocenters. The lowest BCUT2D eigenvalue weighted by molar-refractivity contribution is 0.146. The summed E-state index contributed by atoms with van der Waals surface area (Å²) >= 11 is 7.52. The first-order chi connectivity index (χ1) is 6.56. The summed E-state index contributed by atoms with van der Waals surface area (Å²) in [4.78, 5) is 3.51. The van der Waals surface area contributed by atoms with Crippen LogP contribution in [0.2, 0.25) is 5.15 Å². The van der Waals surface area contributed by atoms with E-state index in [0.717, 1.165) is 0 Å². The lowest BCUT2D eigenvalue weighted by Gasteiger charge is -2.05. The molecule has 2 nitrogen and oxygen atoms in total. The fourth-order valence-corrected chi connectivity index (χ4v) is 2.07. The van der Waals surface area contributed by atoms with Gasteiger partial charge in [-0.1, -0.05) is 11.6 Å². The van der Waals surface area contributed by atoms with Crippen LogP contribution < -0.4 is 0 Å². The predicted molar refractivity (Wildman–Crippen MR) is 56.2 cm³/mol. The standard InChI is InChI=1S/C8H4ClF2IN2/c9-7-4(1-2-13)5(12)3-6(14-7)8(10)11/h3,8H,1H2. The Hall–Kier alpha value is -0.480. The third-order valence-electron chi connectivity index (χ3n) is 1.52. The lowest BCUT2D eigenvalue weighted by atomic mass is 10.2. The van der Waals surface area contributed by atoms with Gasteiger partial charge in [0.25, 0.3) is 6.43 Å². The molecule has 0 radical (unpaired) electrons. The van der Waals surface area contributed by atoms with Crippen LogP contribution in [0.3, 0.4) is 0 Å². The number of nitriles is 1. The van der Waals surface area contributed by atoms with Crippen LogP contribution in [-0.2, 0) is 6.42 Å². The fraction of sp³-hybridized carbons (Fsp3) is 0.250. The zero-order valence-electron chi connectivity index (χ0n) is 6.77. The second-order valence-electron chi connectivity index (χ2n) is 2.43. The highest BCUT2D eigenvalue weighted by atomic mass is 127. The number of hydrogen-bond donors (Lipinski definition) is 0. The highest BCUT2D eigenvalue weighted by Gasteiger charge is 2.14. The molecule has 0 aromatic carbocycles. The molecule has 0 aliphatic rings. The van der Waals surface area contributed by atoms with E-state index in [4.69, 9.17) is 16.9 Å². The first-order valence-corrected chi connectivity index (χ1v) is 5.02. The van der Waals surface area contributed by atoms with Crippen LogP contribution in [0.1, 0.15) is 17.7 Å². The second kappa shape index (κ2) is 4.84. The zero-order chi connectivity index (χ0) is 10.7. The number of rotatable bonds is 2. The van der Waals surface area contributed by atoms with Crippen molar-refractivity contribution >= 4 is 34.2 Å². The molecule has 0 amide bonds. The largest absolute Gasteiger partial charge is 0.280 e. The molecule has 0 fully saturated rings. The highest BCUT2D eigenvalue weighted by molar-refractivity contribution is 14.1. The minimum absolute atomic E-state index is 0.0197. The molecule has 74 valence electrons. The molecule has 1 aromatic rings. The summed E-state index contributed by atoms with van der Waals surface area (Å²) in [5.41, 5.74) is 0.139. The molecule has 1 rings (SSSR count). The Bertz CT molecular complexity index is 366. The first-order valence-electron chi connectivity index (χ1n) is 3.56. The van der Waals surface area contributed by atoms with Crippen LogP contribution >= 0.6 is 34.2 Å². The molecule has 0 bridgehead atoms. The molecule has 0 aliphatic carbocycles. The van der Waals surface area contributed by atoms with Crippen molar-refractivity contribution in [3.63, 3.8) is 0 Å². The highest BCUT2D eigenvalue weighted by Crippen LogP contribution is 2.26.